The van der Waals surface area contributed by atoms with Crippen LogP contribution in [0.3, 0.4) is 0 Å². The fourth-order valence-electron chi connectivity index (χ4n) is 3.75. The summed E-state index contributed by atoms with van der Waals surface area (Å²) in [7, 11) is 0. The molecule has 0 N–H and O–H groups in total. The van der Waals surface area contributed by atoms with Crippen LogP contribution in [0.2, 0.25) is 0 Å². The number of carbonyl (C=O) groups is 3. The summed E-state index contributed by atoms with van der Waals surface area (Å²) in [5.74, 6) is -1.59. The normalized spacial score (nSPS) is 13.2. The summed E-state index contributed by atoms with van der Waals surface area (Å²) in [5.41, 5.74) is 0.789. The van der Waals surface area contributed by atoms with Crippen LogP contribution in [0.25, 0.3) is 11.0 Å². The van der Waals surface area contributed by atoms with Gasteiger partial charge in [0.15, 0.2) is 5.82 Å². The van der Waals surface area contributed by atoms with Crippen molar-refractivity contribution in [1.82, 2.24) is 14.5 Å². The molecule has 0 fully saturated rings. The first kappa shape index (κ1) is 20.6. The minimum atomic E-state index is -2.87. The van der Waals surface area contributed by atoms with Gasteiger partial charge in [-0.05, 0) is 42.5 Å². The highest BCUT2D eigenvalue weighted by Gasteiger charge is 2.36. The number of halogens is 2. The van der Waals surface area contributed by atoms with Crippen LogP contribution in [-0.2, 0) is 17.9 Å². The van der Waals surface area contributed by atoms with Gasteiger partial charge in [-0.15, -0.1) is 0 Å². The van der Waals surface area contributed by atoms with Gasteiger partial charge in [0.05, 0.1) is 40.5 Å². The topological polar surface area (TPSA) is 94.6 Å². The maximum atomic E-state index is 13.5. The number of imidazole rings is 1. The molecule has 0 saturated heterocycles. The van der Waals surface area contributed by atoms with Crippen LogP contribution in [0.4, 0.5) is 8.78 Å². The summed E-state index contributed by atoms with van der Waals surface area (Å²) in [4.78, 5) is 43.0. The standard InChI is InChI=1S/C23H15F2N3O5/c24-23(25)28-18-6-2-1-5-17(18)26-19(28)12-33-22(31)13-7-8-15-16(10-13)21(30)27(20(15)29)11-14-4-3-9-32-14/h1-10,23H,11-12H2. The van der Waals surface area contributed by atoms with E-state index in [-0.39, 0.29) is 34.6 Å². The number of fused-ring (bicyclic) bond motifs is 2. The predicted octanol–water partition coefficient (Wildman–Crippen LogP) is 4.18. The maximum Gasteiger partial charge on any atom is 0.338 e. The highest BCUT2D eigenvalue weighted by atomic mass is 19.3. The van der Waals surface area contributed by atoms with E-state index in [1.165, 1.54) is 30.5 Å². The van der Waals surface area contributed by atoms with E-state index in [2.05, 4.69) is 4.98 Å². The lowest BCUT2D eigenvalue weighted by Gasteiger charge is -2.11. The summed E-state index contributed by atoms with van der Waals surface area (Å²) in [6.07, 6.45) is 1.43. The molecule has 5 rings (SSSR count). The monoisotopic (exact) mass is 451 g/mol. The number of para-hydroxylation sites is 2. The molecule has 4 aromatic rings. The van der Waals surface area contributed by atoms with Gasteiger partial charge in [-0.3, -0.25) is 19.1 Å². The zero-order valence-electron chi connectivity index (χ0n) is 16.9. The highest BCUT2D eigenvalue weighted by molar-refractivity contribution is 6.21. The molecule has 0 aliphatic carbocycles. The molecule has 166 valence electrons. The summed E-state index contributed by atoms with van der Waals surface area (Å²) < 4.78 is 38.2. The zero-order chi connectivity index (χ0) is 23.1. The molecule has 1 aliphatic rings. The van der Waals surface area contributed by atoms with E-state index in [1.54, 1.807) is 30.3 Å². The lowest BCUT2D eigenvalue weighted by molar-refractivity contribution is 0.0387. The van der Waals surface area contributed by atoms with Gasteiger partial charge in [0.25, 0.3) is 11.8 Å². The molecule has 3 heterocycles. The highest BCUT2D eigenvalue weighted by Crippen LogP contribution is 2.27. The Labute approximate surface area is 185 Å². The van der Waals surface area contributed by atoms with Crippen molar-refractivity contribution in [2.45, 2.75) is 19.7 Å². The smallest absolute Gasteiger partial charge is 0.338 e. The predicted molar refractivity (Wildman–Crippen MR) is 109 cm³/mol. The number of rotatable bonds is 6. The molecule has 33 heavy (non-hydrogen) atoms. The lowest BCUT2D eigenvalue weighted by atomic mass is 10.1. The van der Waals surface area contributed by atoms with Crippen LogP contribution < -0.4 is 0 Å². The van der Waals surface area contributed by atoms with E-state index in [0.29, 0.717) is 15.8 Å². The van der Waals surface area contributed by atoms with Gasteiger partial charge in [0.2, 0.25) is 0 Å². The second kappa shape index (κ2) is 7.97. The molecular formula is C23H15F2N3O5. The summed E-state index contributed by atoms with van der Waals surface area (Å²) in [6.45, 7) is -3.40. The van der Waals surface area contributed by atoms with Crippen molar-refractivity contribution in [2.75, 3.05) is 0 Å². The van der Waals surface area contributed by atoms with Gasteiger partial charge in [-0.1, -0.05) is 12.1 Å². The van der Waals surface area contributed by atoms with Crippen LogP contribution in [0.15, 0.2) is 65.3 Å². The van der Waals surface area contributed by atoms with Crippen LogP contribution in [0, 0.1) is 0 Å². The molecule has 2 aromatic carbocycles. The number of nitrogens with zero attached hydrogens (tertiary/aromatic N) is 3. The van der Waals surface area contributed by atoms with Crippen molar-refractivity contribution in [2.24, 2.45) is 0 Å². The number of amides is 2. The Bertz CT molecular complexity index is 1390. The second-order valence-electron chi connectivity index (χ2n) is 7.28. The minimum absolute atomic E-state index is 0.00876. The van der Waals surface area contributed by atoms with Gasteiger partial charge in [-0.25, -0.2) is 9.78 Å². The summed E-state index contributed by atoms with van der Waals surface area (Å²) in [6, 6.07) is 13.6. The van der Waals surface area contributed by atoms with E-state index in [0.717, 1.165) is 4.90 Å². The Morgan fingerprint density at radius 1 is 1.03 bits per heavy atom. The molecule has 0 spiro atoms. The molecule has 0 atom stereocenters. The van der Waals surface area contributed by atoms with Gasteiger partial charge in [0, 0.05) is 0 Å². The van der Waals surface area contributed by atoms with Crippen molar-refractivity contribution in [3.05, 3.63) is 89.1 Å². The number of imide groups is 1. The van der Waals surface area contributed by atoms with E-state index >= 15 is 0 Å². The van der Waals surface area contributed by atoms with E-state index in [4.69, 9.17) is 9.15 Å². The molecule has 10 heteroatoms. The minimum Gasteiger partial charge on any atom is -0.467 e. The quantitative estimate of drug-likeness (QED) is 0.323. The Kier molecular flexibility index (Phi) is 4.97. The molecule has 0 unspecified atom stereocenters. The second-order valence-corrected chi connectivity index (χ2v) is 7.28. The Hall–Kier alpha value is -4.34. The summed E-state index contributed by atoms with van der Waals surface area (Å²) >= 11 is 0. The Balaban J connectivity index is 1.35. The first-order valence-electron chi connectivity index (χ1n) is 9.88. The van der Waals surface area contributed by atoms with E-state index in [9.17, 15) is 23.2 Å². The van der Waals surface area contributed by atoms with Gasteiger partial charge in [-0.2, -0.15) is 8.78 Å². The molecule has 0 radical (unpaired) electrons. The van der Waals surface area contributed by atoms with Crippen molar-refractivity contribution in [1.29, 1.82) is 0 Å². The van der Waals surface area contributed by atoms with Gasteiger partial charge < -0.3 is 9.15 Å². The SMILES string of the molecule is O=C(OCc1nc2ccccc2n1C(F)F)c1ccc2c(c1)C(=O)N(Cc1ccco1)C2=O. The average Bonchev–Trinajstić information content (AvgIpc) is 3.51. The molecule has 2 aromatic heterocycles. The number of alkyl halides is 2. The van der Waals surface area contributed by atoms with Crippen molar-refractivity contribution in [3.63, 3.8) is 0 Å². The number of ether oxygens (including phenoxy) is 1. The number of furan rings is 1. The van der Waals surface area contributed by atoms with Gasteiger partial charge >= 0.3 is 12.5 Å². The van der Waals surface area contributed by atoms with E-state index in [1.807, 2.05) is 0 Å². The number of carbonyl (C=O) groups excluding carboxylic acids is 3. The first-order chi connectivity index (χ1) is 15.9. The fourth-order valence-corrected chi connectivity index (χ4v) is 3.75. The van der Waals surface area contributed by atoms with E-state index < -0.39 is 30.9 Å². The molecule has 8 nitrogen and oxygen atoms in total. The third kappa shape index (κ3) is 3.55. The maximum absolute atomic E-state index is 13.5. The molecule has 0 saturated carbocycles. The van der Waals surface area contributed by atoms with Crippen LogP contribution in [0.5, 0.6) is 0 Å². The van der Waals surface area contributed by atoms with Crippen molar-refractivity contribution >= 4 is 28.8 Å². The summed E-state index contributed by atoms with van der Waals surface area (Å²) in [5, 5.41) is 0. The first-order valence-corrected chi connectivity index (χ1v) is 9.88. The van der Waals surface area contributed by atoms with Crippen molar-refractivity contribution in [3.8, 4) is 0 Å². The molecule has 0 bridgehead atoms. The fraction of sp³-hybridized carbons (Fsp3) is 0.130. The number of aromatic nitrogens is 2. The zero-order valence-corrected chi connectivity index (χ0v) is 16.9. The Morgan fingerprint density at radius 2 is 1.82 bits per heavy atom. The van der Waals surface area contributed by atoms with Crippen LogP contribution in [-0.4, -0.2) is 32.2 Å². The number of benzene rings is 2. The molecule has 2 amide bonds. The number of hydrogen-bond acceptors (Lipinski definition) is 6. The number of hydrogen-bond donors (Lipinski definition) is 0. The largest absolute Gasteiger partial charge is 0.467 e. The van der Waals surface area contributed by atoms with Gasteiger partial charge in [0.1, 0.15) is 12.4 Å². The van der Waals surface area contributed by atoms with Crippen LogP contribution in [0.1, 0.15) is 49.2 Å². The average molecular weight is 451 g/mol. The number of esters is 1. The lowest BCUT2D eigenvalue weighted by Crippen LogP contribution is -2.28. The van der Waals surface area contributed by atoms with Crippen molar-refractivity contribution < 1.29 is 32.3 Å². The van der Waals surface area contributed by atoms with Crippen LogP contribution >= 0.6 is 0 Å². The third-order valence-corrected chi connectivity index (χ3v) is 5.30. The molecular weight excluding hydrogens is 436 g/mol. The molecule has 1 aliphatic heterocycles. The Morgan fingerprint density at radius 3 is 2.58 bits per heavy atom. The third-order valence-electron chi connectivity index (χ3n) is 5.30.